The maximum atomic E-state index is 4.51. The standard InChI is InChI=1S/C13H19N3S/c1-9(2)16-8-10(3)15-13(16)14-7-12-6-5-11(4)17-12/h5-6,8-9H,7H2,1-4H3,(H,14,15). The zero-order chi connectivity index (χ0) is 12.4. The first-order chi connectivity index (χ1) is 8.06. The highest BCUT2D eigenvalue weighted by Crippen LogP contribution is 2.19. The molecule has 0 saturated carbocycles. The summed E-state index contributed by atoms with van der Waals surface area (Å²) in [5.74, 6) is 0.962. The number of nitrogens with zero attached hydrogens (tertiary/aromatic N) is 2. The zero-order valence-electron chi connectivity index (χ0n) is 10.8. The topological polar surface area (TPSA) is 29.9 Å². The minimum Gasteiger partial charge on any atom is -0.351 e. The highest BCUT2D eigenvalue weighted by atomic mass is 32.1. The van der Waals surface area contributed by atoms with Crippen LogP contribution in [0.2, 0.25) is 0 Å². The summed E-state index contributed by atoms with van der Waals surface area (Å²) in [4.78, 5) is 7.21. The Morgan fingerprint density at radius 2 is 2.12 bits per heavy atom. The lowest BCUT2D eigenvalue weighted by Crippen LogP contribution is -2.08. The average Bonchev–Trinajstić information content (AvgIpc) is 2.82. The molecule has 0 bridgehead atoms. The fourth-order valence-electron chi connectivity index (χ4n) is 1.79. The fourth-order valence-corrected chi connectivity index (χ4v) is 2.62. The van der Waals surface area contributed by atoms with Crippen molar-refractivity contribution in [2.24, 2.45) is 0 Å². The van der Waals surface area contributed by atoms with E-state index in [9.17, 15) is 0 Å². The molecule has 0 unspecified atom stereocenters. The maximum absolute atomic E-state index is 4.51. The van der Waals surface area contributed by atoms with E-state index in [-0.39, 0.29) is 0 Å². The summed E-state index contributed by atoms with van der Waals surface area (Å²) in [6.45, 7) is 9.34. The number of aryl methyl sites for hydroxylation is 2. The van der Waals surface area contributed by atoms with Crippen LogP contribution >= 0.6 is 11.3 Å². The van der Waals surface area contributed by atoms with Crippen LogP contribution in [-0.2, 0) is 6.54 Å². The summed E-state index contributed by atoms with van der Waals surface area (Å²) in [5, 5.41) is 3.41. The summed E-state index contributed by atoms with van der Waals surface area (Å²) >= 11 is 1.83. The van der Waals surface area contributed by atoms with Gasteiger partial charge in [-0.05, 0) is 39.8 Å². The summed E-state index contributed by atoms with van der Waals surface area (Å²) in [6, 6.07) is 4.76. The lowest BCUT2D eigenvalue weighted by Gasteiger charge is -2.12. The van der Waals surface area contributed by atoms with Crippen molar-refractivity contribution in [3.05, 3.63) is 33.8 Å². The van der Waals surface area contributed by atoms with E-state index in [0.717, 1.165) is 18.2 Å². The van der Waals surface area contributed by atoms with Crippen LogP contribution in [0, 0.1) is 13.8 Å². The Hall–Kier alpha value is -1.29. The van der Waals surface area contributed by atoms with E-state index in [1.807, 2.05) is 18.3 Å². The summed E-state index contributed by atoms with van der Waals surface area (Å²) in [6.07, 6.45) is 2.09. The van der Waals surface area contributed by atoms with Crippen LogP contribution in [0.15, 0.2) is 18.3 Å². The Morgan fingerprint density at radius 3 is 2.71 bits per heavy atom. The van der Waals surface area contributed by atoms with Crippen LogP contribution in [0.4, 0.5) is 5.95 Å². The molecule has 2 aromatic rings. The van der Waals surface area contributed by atoms with Gasteiger partial charge < -0.3 is 9.88 Å². The summed E-state index contributed by atoms with van der Waals surface area (Å²) in [7, 11) is 0. The molecule has 2 heterocycles. The summed E-state index contributed by atoms with van der Waals surface area (Å²) in [5.41, 5.74) is 1.06. The molecule has 0 aliphatic heterocycles. The molecule has 0 amide bonds. The molecular formula is C13H19N3S. The first-order valence-electron chi connectivity index (χ1n) is 5.91. The monoisotopic (exact) mass is 249 g/mol. The van der Waals surface area contributed by atoms with Gasteiger partial charge in [0.05, 0.1) is 12.2 Å². The second-order valence-electron chi connectivity index (χ2n) is 4.57. The summed E-state index contributed by atoms with van der Waals surface area (Å²) < 4.78 is 2.18. The van der Waals surface area contributed by atoms with E-state index in [4.69, 9.17) is 0 Å². The van der Waals surface area contributed by atoms with Crippen molar-refractivity contribution in [2.45, 2.75) is 40.3 Å². The van der Waals surface area contributed by atoms with Gasteiger partial charge in [-0.15, -0.1) is 11.3 Å². The van der Waals surface area contributed by atoms with E-state index in [1.165, 1.54) is 9.75 Å². The Morgan fingerprint density at radius 1 is 1.35 bits per heavy atom. The molecule has 4 heteroatoms. The van der Waals surface area contributed by atoms with Gasteiger partial charge in [-0.1, -0.05) is 0 Å². The number of rotatable bonds is 4. The number of anilines is 1. The molecule has 0 aliphatic carbocycles. The van der Waals surface area contributed by atoms with Crippen molar-refractivity contribution in [1.29, 1.82) is 0 Å². The van der Waals surface area contributed by atoms with E-state index in [0.29, 0.717) is 6.04 Å². The highest BCUT2D eigenvalue weighted by molar-refractivity contribution is 7.11. The van der Waals surface area contributed by atoms with E-state index in [1.54, 1.807) is 0 Å². The van der Waals surface area contributed by atoms with Gasteiger partial charge in [0, 0.05) is 22.0 Å². The lowest BCUT2D eigenvalue weighted by atomic mass is 10.4. The third-order valence-electron chi connectivity index (χ3n) is 2.63. The number of aromatic nitrogens is 2. The van der Waals surface area contributed by atoms with Gasteiger partial charge >= 0.3 is 0 Å². The average molecular weight is 249 g/mol. The lowest BCUT2D eigenvalue weighted by molar-refractivity contribution is 0.604. The molecule has 0 atom stereocenters. The molecule has 17 heavy (non-hydrogen) atoms. The molecule has 0 spiro atoms. The molecule has 0 fully saturated rings. The number of imidazole rings is 1. The van der Waals surface area contributed by atoms with Gasteiger partial charge in [-0.25, -0.2) is 4.98 Å². The van der Waals surface area contributed by atoms with Crippen LogP contribution in [0.1, 0.15) is 35.3 Å². The SMILES string of the molecule is Cc1cn(C(C)C)c(NCc2ccc(C)s2)n1. The zero-order valence-corrected chi connectivity index (χ0v) is 11.6. The van der Waals surface area contributed by atoms with Gasteiger partial charge in [-0.3, -0.25) is 0 Å². The van der Waals surface area contributed by atoms with Crippen LogP contribution < -0.4 is 5.32 Å². The fraction of sp³-hybridized carbons (Fsp3) is 0.462. The molecule has 1 N–H and O–H groups in total. The third-order valence-corrected chi connectivity index (χ3v) is 3.63. The predicted octanol–water partition coefficient (Wildman–Crippen LogP) is 3.75. The molecule has 2 rings (SSSR count). The van der Waals surface area contributed by atoms with Gasteiger partial charge in [0.15, 0.2) is 0 Å². The minimum atomic E-state index is 0.434. The van der Waals surface area contributed by atoms with Crippen LogP contribution in [0.3, 0.4) is 0 Å². The predicted molar refractivity (Wildman–Crippen MR) is 73.7 cm³/mol. The molecule has 0 saturated heterocycles. The second kappa shape index (κ2) is 4.92. The highest BCUT2D eigenvalue weighted by Gasteiger charge is 2.08. The molecule has 0 radical (unpaired) electrons. The van der Waals surface area contributed by atoms with Crippen LogP contribution in [0.25, 0.3) is 0 Å². The Kier molecular flexibility index (Phi) is 3.52. The molecule has 3 nitrogen and oxygen atoms in total. The van der Waals surface area contributed by atoms with Gasteiger partial charge in [0.25, 0.3) is 0 Å². The van der Waals surface area contributed by atoms with Gasteiger partial charge in [-0.2, -0.15) is 0 Å². The van der Waals surface area contributed by atoms with Crippen molar-refractivity contribution in [2.75, 3.05) is 5.32 Å². The Balaban J connectivity index is 2.08. The smallest absolute Gasteiger partial charge is 0.203 e. The van der Waals surface area contributed by atoms with E-state index in [2.05, 4.69) is 54.0 Å². The first-order valence-corrected chi connectivity index (χ1v) is 6.72. The van der Waals surface area contributed by atoms with Crippen molar-refractivity contribution < 1.29 is 0 Å². The quantitative estimate of drug-likeness (QED) is 0.894. The number of hydrogen-bond donors (Lipinski definition) is 1. The van der Waals surface area contributed by atoms with Crippen LogP contribution in [0.5, 0.6) is 0 Å². The second-order valence-corrected chi connectivity index (χ2v) is 5.95. The number of thiophene rings is 1. The third kappa shape index (κ3) is 2.88. The number of nitrogens with one attached hydrogen (secondary N) is 1. The van der Waals surface area contributed by atoms with Gasteiger partial charge in [0.2, 0.25) is 5.95 Å². The van der Waals surface area contributed by atoms with Crippen LogP contribution in [-0.4, -0.2) is 9.55 Å². The molecular weight excluding hydrogens is 230 g/mol. The van der Waals surface area contributed by atoms with Crippen molar-refractivity contribution in [3.63, 3.8) is 0 Å². The Bertz CT molecular complexity index is 496. The van der Waals surface area contributed by atoms with E-state index >= 15 is 0 Å². The van der Waals surface area contributed by atoms with Crippen molar-refractivity contribution in [1.82, 2.24) is 9.55 Å². The largest absolute Gasteiger partial charge is 0.351 e. The van der Waals surface area contributed by atoms with Crippen molar-refractivity contribution in [3.8, 4) is 0 Å². The molecule has 92 valence electrons. The molecule has 0 aliphatic rings. The number of hydrogen-bond acceptors (Lipinski definition) is 3. The van der Waals surface area contributed by atoms with Gasteiger partial charge in [0.1, 0.15) is 0 Å². The minimum absolute atomic E-state index is 0.434. The first kappa shape index (κ1) is 12.2. The van der Waals surface area contributed by atoms with E-state index < -0.39 is 0 Å². The van der Waals surface area contributed by atoms with Crippen molar-refractivity contribution >= 4 is 17.3 Å². The maximum Gasteiger partial charge on any atom is 0.203 e. The molecule has 0 aromatic carbocycles. The molecule has 2 aromatic heterocycles. The normalized spacial score (nSPS) is 11.1. The Labute approximate surface area is 107 Å².